The van der Waals surface area contributed by atoms with Gasteiger partial charge < -0.3 is 10.1 Å². The number of thiocyanates is 1. The Morgan fingerprint density at radius 3 is 2.44 bits per heavy atom. The van der Waals surface area contributed by atoms with Crippen LogP contribution in [0.25, 0.3) is 0 Å². The van der Waals surface area contributed by atoms with Gasteiger partial charge in [-0.25, -0.2) is 13.2 Å². The average molecular weight is 425 g/mol. The second-order valence-electron chi connectivity index (χ2n) is 5.38. The number of benzene rings is 1. The molecule has 0 aliphatic carbocycles. The molecule has 0 fully saturated rings. The van der Waals surface area contributed by atoms with E-state index < -0.39 is 21.7 Å². The summed E-state index contributed by atoms with van der Waals surface area (Å²) in [5.74, 6) is -0.996. The van der Waals surface area contributed by atoms with E-state index in [0.717, 1.165) is 29.4 Å². The van der Waals surface area contributed by atoms with Gasteiger partial charge in [0.15, 0.2) is 9.84 Å². The molecule has 142 valence electrons. The molecule has 1 aromatic carbocycles. The van der Waals surface area contributed by atoms with Crippen molar-refractivity contribution >= 4 is 49.8 Å². The smallest absolute Gasteiger partial charge is 0.348 e. The quantitative estimate of drug-likeness (QED) is 0.429. The topological polar surface area (TPSA) is 113 Å². The summed E-state index contributed by atoms with van der Waals surface area (Å²) in [5.41, 5.74) is 0.812. The van der Waals surface area contributed by atoms with Crippen LogP contribution in [0, 0.1) is 17.6 Å². The van der Waals surface area contributed by atoms with Gasteiger partial charge in [-0.1, -0.05) is 0 Å². The van der Waals surface area contributed by atoms with Crippen molar-refractivity contribution in [2.75, 3.05) is 18.2 Å². The highest BCUT2D eigenvalue weighted by molar-refractivity contribution is 8.04. The predicted octanol–water partition coefficient (Wildman–Crippen LogP) is 3.46. The van der Waals surface area contributed by atoms with Gasteiger partial charge >= 0.3 is 5.97 Å². The van der Waals surface area contributed by atoms with Crippen LogP contribution in [0.3, 0.4) is 0 Å². The largest absolute Gasteiger partial charge is 0.462 e. The summed E-state index contributed by atoms with van der Waals surface area (Å²) < 4.78 is 28.0. The van der Waals surface area contributed by atoms with Gasteiger partial charge in [0, 0.05) is 11.8 Å². The number of carbonyl (C=O) groups excluding carboxylic acids is 2. The molecule has 0 unspecified atom stereocenters. The summed E-state index contributed by atoms with van der Waals surface area (Å²) >= 11 is 1.87. The maximum Gasteiger partial charge on any atom is 0.348 e. The first-order chi connectivity index (χ1) is 12.7. The van der Waals surface area contributed by atoms with Crippen molar-refractivity contribution in [2.45, 2.75) is 23.6 Å². The second kappa shape index (κ2) is 8.56. The predicted molar refractivity (Wildman–Crippen MR) is 104 cm³/mol. The Hall–Kier alpha value is -2.35. The van der Waals surface area contributed by atoms with Crippen molar-refractivity contribution in [2.24, 2.45) is 0 Å². The molecule has 10 heteroatoms. The minimum Gasteiger partial charge on any atom is -0.462 e. The molecule has 0 atom stereocenters. The number of nitrogens with one attached hydrogen (secondary N) is 1. The van der Waals surface area contributed by atoms with Gasteiger partial charge in [0.25, 0.3) is 5.91 Å². The Morgan fingerprint density at radius 1 is 1.30 bits per heavy atom. The number of anilines is 1. The summed E-state index contributed by atoms with van der Waals surface area (Å²) in [6.07, 6.45) is 1.08. The van der Waals surface area contributed by atoms with Gasteiger partial charge in [-0.2, -0.15) is 5.26 Å². The molecule has 1 aromatic heterocycles. The van der Waals surface area contributed by atoms with Crippen LogP contribution in [0.1, 0.15) is 32.5 Å². The van der Waals surface area contributed by atoms with Crippen molar-refractivity contribution in [3.8, 4) is 5.40 Å². The molecular weight excluding hydrogens is 408 g/mol. The highest BCUT2D eigenvalue weighted by Crippen LogP contribution is 2.40. The zero-order valence-corrected chi connectivity index (χ0v) is 17.2. The molecule has 0 saturated carbocycles. The molecule has 2 aromatic rings. The van der Waals surface area contributed by atoms with Gasteiger partial charge in [0.1, 0.15) is 15.3 Å². The van der Waals surface area contributed by atoms with Crippen LogP contribution in [-0.4, -0.2) is 33.2 Å². The Labute approximate surface area is 165 Å². The monoisotopic (exact) mass is 424 g/mol. The molecule has 1 heterocycles. The van der Waals surface area contributed by atoms with Crippen LogP contribution in [0.4, 0.5) is 5.00 Å². The molecule has 0 bridgehead atoms. The van der Waals surface area contributed by atoms with Gasteiger partial charge in [-0.3, -0.25) is 4.79 Å². The lowest BCUT2D eigenvalue weighted by atomic mass is 10.2. The zero-order valence-electron chi connectivity index (χ0n) is 14.7. The maximum absolute atomic E-state index is 12.5. The van der Waals surface area contributed by atoms with Crippen LogP contribution >= 0.6 is 23.1 Å². The zero-order chi connectivity index (χ0) is 20.2. The lowest BCUT2D eigenvalue weighted by Crippen LogP contribution is -2.11. The number of carbonyl (C=O) groups is 2. The highest BCUT2D eigenvalue weighted by Gasteiger charge is 2.23. The highest BCUT2D eigenvalue weighted by atomic mass is 32.2. The number of amides is 1. The molecule has 27 heavy (non-hydrogen) atoms. The third-order valence-corrected chi connectivity index (χ3v) is 6.72. The van der Waals surface area contributed by atoms with Gasteiger partial charge in [-0.05, 0) is 55.4 Å². The lowest BCUT2D eigenvalue weighted by molar-refractivity contribution is 0.0531. The summed E-state index contributed by atoms with van der Waals surface area (Å²) in [7, 11) is -3.36. The number of nitrogens with zero attached hydrogens (tertiary/aromatic N) is 1. The fraction of sp³-hybridized carbons (Fsp3) is 0.235. The fourth-order valence-corrected chi connectivity index (χ4v) is 4.60. The lowest BCUT2D eigenvalue weighted by Gasteiger charge is -2.05. The number of sulfone groups is 1. The van der Waals surface area contributed by atoms with E-state index in [9.17, 15) is 18.0 Å². The third kappa shape index (κ3) is 4.88. The summed E-state index contributed by atoms with van der Waals surface area (Å²) in [5, 5.41) is 14.0. The molecule has 0 saturated heterocycles. The van der Waals surface area contributed by atoms with Crippen molar-refractivity contribution in [3.63, 3.8) is 0 Å². The Morgan fingerprint density at radius 2 is 1.93 bits per heavy atom. The van der Waals surface area contributed by atoms with Gasteiger partial charge in [0.2, 0.25) is 0 Å². The van der Waals surface area contributed by atoms with E-state index in [4.69, 9.17) is 10.00 Å². The van der Waals surface area contributed by atoms with E-state index in [1.165, 1.54) is 24.3 Å². The van der Waals surface area contributed by atoms with Crippen molar-refractivity contribution in [3.05, 3.63) is 40.3 Å². The molecule has 1 amide bonds. The molecule has 1 N–H and O–H groups in total. The minimum atomic E-state index is -3.36. The van der Waals surface area contributed by atoms with Gasteiger partial charge in [0.05, 0.1) is 16.4 Å². The molecule has 0 radical (unpaired) electrons. The third-order valence-electron chi connectivity index (χ3n) is 3.47. The number of thioether (sulfide) groups is 1. The van der Waals surface area contributed by atoms with Crippen LogP contribution in [0.15, 0.2) is 34.1 Å². The van der Waals surface area contributed by atoms with E-state index in [-0.39, 0.29) is 17.1 Å². The second-order valence-corrected chi connectivity index (χ2v) is 9.21. The molecule has 0 spiro atoms. The summed E-state index contributed by atoms with van der Waals surface area (Å²) in [4.78, 5) is 25.4. The van der Waals surface area contributed by atoms with Crippen LogP contribution in [0.2, 0.25) is 0 Å². The number of rotatable bonds is 6. The molecular formula is C17H16N2O5S3. The van der Waals surface area contributed by atoms with Crippen LogP contribution in [0.5, 0.6) is 0 Å². The van der Waals surface area contributed by atoms with Crippen molar-refractivity contribution in [1.82, 2.24) is 0 Å². The summed E-state index contributed by atoms with van der Waals surface area (Å²) in [6, 6.07) is 5.49. The number of thiophene rings is 1. The number of hydrogen-bond acceptors (Lipinski definition) is 8. The van der Waals surface area contributed by atoms with Crippen molar-refractivity contribution < 1.29 is 22.7 Å². The van der Waals surface area contributed by atoms with Crippen molar-refractivity contribution in [1.29, 1.82) is 5.26 Å². The first-order valence-electron chi connectivity index (χ1n) is 7.67. The maximum atomic E-state index is 12.5. The molecule has 7 nitrogen and oxygen atoms in total. The fourth-order valence-electron chi connectivity index (χ4n) is 2.17. The summed E-state index contributed by atoms with van der Waals surface area (Å²) in [6.45, 7) is 3.58. The Bertz CT molecular complexity index is 1020. The number of ether oxygens (including phenoxy) is 1. The molecule has 0 aliphatic rings. The van der Waals surface area contributed by atoms with E-state index in [0.29, 0.717) is 20.3 Å². The molecule has 0 aliphatic heterocycles. The van der Waals surface area contributed by atoms with E-state index >= 15 is 0 Å². The van der Waals surface area contributed by atoms with E-state index in [1.54, 1.807) is 13.8 Å². The van der Waals surface area contributed by atoms with Crippen LogP contribution in [-0.2, 0) is 14.6 Å². The Kier molecular flexibility index (Phi) is 6.64. The minimum absolute atomic E-state index is 0.108. The number of nitriles is 1. The average Bonchev–Trinajstić information content (AvgIpc) is 2.91. The number of hydrogen-bond donors (Lipinski definition) is 1. The molecule has 2 rings (SSSR count). The SMILES string of the molecule is CCOC(=O)c1sc(NC(=O)c2ccc(S(C)(=O)=O)cc2)c(SC#N)c1C. The van der Waals surface area contributed by atoms with E-state index in [2.05, 4.69) is 5.32 Å². The normalized spacial score (nSPS) is 10.9. The van der Waals surface area contributed by atoms with Gasteiger partial charge in [-0.15, -0.1) is 11.3 Å². The Balaban J connectivity index is 2.33. The standard InChI is InChI=1S/C17H16N2O5S3/c1-4-24-17(21)14-10(2)13(25-9-18)16(26-14)19-15(20)11-5-7-12(8-6-11)27(3,22)23/h5-8H,4H2,1-3H3,(H,19,20). The van der Waals surface area contributed by atoms with E-state index in [1.807, 2.05) is 5.40 Å². The first-order valence-corrected chi connectivity index (χ1v) is 11.2. The number of esters is 1. The van der Waals surface area contributed by atoms with Crippen LogP contribution < -0.4 is 5.32 Å². The first kappa shape index (κ1) is 21.0.